The van der Waals surface area contributed by atoms with Gasteiger partial charge in [-0.05, 0) is 35.9 Å². The number of H-pyrrole nitrogens is 1. The molecule has 1 aromatic carbocycles. The molecule has 3 aromatic rings. The van der Waals surface area contributed by atoms with Gasteiger partial charge in [0.05, 0.1) is 17.7 Å². The number of aromatic nitrogens is 2. The highest BCUT2D eigenvalue weighted by atomic mass is 19.4. The Labute approximate surface area is 172 Å². The quantitative estimate of drug-likeness (QED) is 0.621. The highest BCUT2D eigenvalue weighted by Gasteiger charge is 2.44. The molecule has 1 aliphatic heterocycles. The number of fused-ring (bicyclic) bond motifs is 1. The van der Waals surface area contributed by atoms with E-state index in [4.69, 9.17) is 4.74 Å². The van der Waals surface area contributed by atoms with Crippen LogP contribution < -0.4 is 15.6 Å². The van der Waals surface area contributed by atoms with E-state index in [1.807, 2.05) is 0 Å². The van der Waals surface area contributed by atoms with Crippen LogP contribution in [0.15, 0.2) is 59.7 Å². The van der Waals surface area contributed by atoms with Crippen molar-refractivity contribution in [2.75, 3.05) is 6.61 Å². The number of alkyl halides is 3. The number of hydrogen-bond acceptors (Lipinski definition) is 4. The normalized spacial score (nSPS) is 18.1. The third-order valence-electron chi connectivity index (χ3n) is 5.05. The van der Waals surface area contributed by atoms with Gasteiger partial charge in [-0.2, -0.15) is 13.2 Å². The second-order valence-electron chi connectivity index (χ2n) is 6.94. The summed E-state index contributed by atoms with van der Waals surface area (Å²) in [6, 6.07) is 8.17. The van der Waals surface area contributed by atoms with Gasteiger partial charge in [0.15, 0.2) is 0 Å². The molecule has 0 radical (unpaired) electrons. The van der Waals surface area contributed by atoms with Gasteiger partial charge in [0.1, 0.15) is 22.8 Å². The monoisotopic (exact) mass is 433 g/mol. The fourth-order valence-corrected chi connectivity index (χ4v) is 3.56. The molecule has 0 saturated carbocycles. The average Bonchev–Trinajstić information content (AvgIpc) is 2.74. The summed E-state index contributed by atoms with van der Waals surface area (Å²) < 4.78 is 59.6. The number of carbonyl (C=O) groups excluding carboxylic acids is 1. The topological polar surface area (TPSA) is 84.1 Å². The summed E-state index contributed by atoms with van der Waals surface area (Å²) in [5.41, 5.74) is -3.11. The molecule has 31 heavy (non-hydrogen) atoms. The first-order chi connectivity index (χ1) is 14.7. The van der Waals surface area contributed by atoms with Crippen LogP contribution in [0.2, 0.25) is 0 Å². The Morgan fingerprint density at radius 3 is 2.71 bits per heavy atom. The minimum Gasteiger partial charge on any atom is -0.491 e. The Morgan fingerprint density at radius 2 is 2.00 bits per heavy atom. The van der Waals surface area contributed by atoms with Gasteiger partial charge >= 0.3 is 6.18 Å². The number of aromatic amines is 1. The van der Waals surface area contributed by atoms with Crippen molar-refractivity contribution in [2.45, 2.75) is 18.1 Å². The van der Waals surface area contributed by atoms with Gasteiger partial charge in [-0.3, -0.25) is 14.6 Å². The Kier molecular flexibility index (Phi) is 5.00. The molecular formula is C21H15F4N3O3. The third kappa shape index (κ3) is 3.76. The number of halogens is 4. The van der Waals surface area contributed by atoms with Crippen LogP contribution >= 0.6 is 0 Å². The van der Waals surface area contributed by atoms with Crippen LogP contribution in [0.1, 0.15) is 33.6 Å². The molecule has 1 amide bonds. The van der Waals surface area contributed by atoms with Crippen molar-refractivity contribution in [2.24, 2.45) is 0 Å². The Hall–Kier alpha value is -3.69. The van der Waals surface area contributed by atoms with E-state index in [0.717, 1.165) is 6.07 Å². The van der Waals surface area contributed by atoms with Crippen LogP contribution in [0, 0.1) is 5.82 Å². The van der Waals surface area contributed by atoms with Gasteiger partial charge in [-0.15, -0.1) is 0 Å². The van der Waals surface area contributed by atoms with Crippen molar-refractivity contribution in [1.29, 1.82) is 0 Å². The van der Waals surface area contributed by atoms with E-state index in [2.05, 4.69) is 15.3 Å². The highest BCUT2D eigenvalue weighted by molar-refractivity contribution is 5.94. The number of benzene rings is 1. The molecule has 0 saturated heterocycles. The Morgan fingerprint density at radius 1 is 1.19 bits per heavy atom. The standard InChI is InChI=1S/C21H15F4N3O3/c22-15-5-4-13(10-14(15)21(23,24)25)20(7-9-31-16-2-1-8-26-18(16)20)28-19(30)12-3-6-17(29)27-11-12/h1-6,8,10-11H,7,9H2,(H,27,29)(H,28,30). The molecule has 0 aliphatic carbocycles. The van der Waals surface area contributed by atoms with Crippen molar-refractivity contribution in [1.82, 2.24) is 15.3 Å². The van der Waals surface area contributed by atoms with Crippen LogP contribution in [0.25, 0.3) is 0 Å². The van der Waals surface area contributed by atoms with E-state index in [9.17, 15) is 27.2 Å². The van der Waals surface area contributed by atoms with Crippen LogP contribution in [0.5, 0.6) is 5.75 Å². The molecular weight excluding hydrogens is 418 g/mol. The minimum atomic E-state index is -4.93. The number of nitrogens with zero attached hydrogens (tertiary/aromatic N) is 1. The lowest BCUT2D eigenvalue weighted by molar-refractivity contribution is -0.140. The molecule has 4 rings (SSSR count). The molecule has 1 atom stereocenters. The maximum atomic E-state index is 13.9. The minimum absolute atomic E-state index is 0.00208. The van der Waals surface area contributed by atoms with Gasteiger partial charge in [0.2, 0.25) is 5.56 Å². The van der Waals surface area contributed by atoms with Crippen molar-refractivity contribution < 1.29 is 27.1 Å². The zero-order valence-electron chi connectivity index (χ0n) is 15.8. The number of nitrogens with one attached hydrogen (secondary N) is 2. The van der Waals surface area contributed by atoms with Gasteiger partial charge in [0, 0.05) is 24.9 Å². The lowest BCUT2D eigenvalue weighted by Gasteiger charge is -2.39. The van der Waals surface area contributed by atoms with E-state index in [0.29, 0.717) is 12.1 Å². The fourth-order valence-electron chi connectivity index (χ4n) is 3.56. The van der Waals surface area contributed by atoms with E-state index >= 15 is 0 Å². The first kappa shape index (κ1) is 20.6. The Bertz CT molecular complexity index is 1190. The molecule has 0 bridgehead atoms. The predicted molar refractivity (Wildman–Crippen MR) is 101 cm³/mol. The molecule has 10 heteroatoms. The molecule has 6 nitrogen and oxygen atoms in total. The van der Waals surface area contributed by atoms with Gasteiger partial charge in [-0.1, -0.05) is 6.07 Å². The van der Waals surface area contributed by atoms with E-state index in [1.54, 1.807) is 12.1 Å². The molecule has 0 fully saturated rings. The van der Waals surface area contributed by atoms with Crippen LogP contribution in [-0.4, -0.2) is 22.5 Å². The van der Waals surface area contributed by atoms with E-state index in [-0.39, 0.29) is 35.6 Å². The van der Waals surface area contributed by atoms with Gasteiger partial charge in [0.25, 0.3) is 5.91 Å². The zero-order chi connectivity index (χ0) is 22.2. The van der Waals surface area contributed by atoms with Crippen molar-refractivity contribution in [3.05, 3.63) is 93.4 Å². The van der Waals surface area contributed by atoms with Crippen LogP contribution in [-0.2, 0) is 11.7 Å². The molecule has 0 spiro atoms. The summed E-state index contributed by atoms with van der Waals surface area (Å²) in [6.07, 6.45) is -2.27. The largest absolute Gasteiger partial charge is 0.491 e. The maximum absolute atomic E-state index is 13.9. The van der Waals surface area contributed by atoms with E-state index < -0.39 is 34.6 Å². The SMILES string of the molecule is O=C(NC1(c2ccc(F)c(C(F)(F)F)c2)CCOc2cccnc21)c1ccc(=O)[nH]c1. The molecule has 160 valence electrons. The fraction of sp³-hybridized carbons (Fsp3) is 0.190. The molecule has 2 aromatic heterocycles. The smallest absolute Gasteiger partial charge is 0.419 e. The van der Waals surface area contributed by atoms with Gasteiger partial charge in [-0.25, -0.2) is 4.39 Å². The number of ether oxygens (including phenoxy) is 1. The Balaban J connectivity index is 1.89. The van der Waals surface area contributed by atoms with Crippen molar-refractivity contribution in [3.63, 3.8) is 0 Å². The summed E-state index contributed by atoms with van der Waals surface area (Å²) in [5.74, 6) is -1.80. The highest BCUT2D eigenvalue weighted by Crippen LogP contribution is 2.42. The average molecular weight is 433 g/mol. The summed E-state index contributed by atoms with van der Waals surface area (Å²) in [5, 5.41) is 2.75. The van der Waals surface area contributed by atoms with Gasteiger partial charge < -0.3 is 15.0 Å². The number of carbonyl (C=O) groups is 1. The summed E-state index contributed by atoms with van der Waals surface area (Å²) in [7, 11) is 0. The van der Waals surface area contributed by atoms with Crippen molar-refractivity contribution in [3.8, 4) is 5.75 Å². The van der Waals surface area contributed by atoms with E-state index in [1.165, 1.54) is 24.5 Å². The lowest BCUT2D eigenvalue weighted by atomic mass is 9.80. The summed E-state index contributed by atoms with van der Waals surface area (Å²) in [6.45, 7) is 0.0727. The molecule has 1 aliphatic rings. The molecule has 3 heterocycles. The maximum Gasteiger partial charge on any atom is 0.419 e. The number of amides is 1. The predicted octanol–water partition coefficient (Wildman–Crippen LogP) is 3.38. The second kappa shape index (κ2) is 7.53. The number of rotatable bonds is 3. The summed E-state index contributed by atoms with van der Waals surface area (Å²) in [4.78, 5) is 30.9. The number of pyridine rings is 2. The molecule has 2 N–H and O–H groups in total. The first-order valence-corrected chi connectivity index (χ1v) is 9.17. The number of hydrogen-bond donors (Lipinski definition) is 2. The zero-order valence-corrected chi connectivity index (χ0v) is 15.8. The molecule has 1 unspecified atom stereocenters. The second-order valence-corrected chi connectivity index (χ2v) is 6.94. The first-order valence-electron chi connectivity index (χ1n) is 9.17. The van der Waals surface area contributed by atoms with Crippen LogP contribution in [0.3, 0.4) is 0 Å². The summed E-state index contributed by atoms with van der Waals surface area (Å²) >= 11 is 0. The third-order valence-corrected chi connectivity index (χ3v) is 5.05. The lowest BCUT2D eigenvalue weighted by Crippen LogP contribution is -2.50. The van der Waals surface area contributed by atoms with Crippen LogP contribution in [0.4, 0.5) is 17.6 Å². The van der Waals surface area contributed by atoms with Crippen molar-refractivity contribution >= 4 is 5.91 Å².